The van der Waals surface area contributed by atoms with Crippen molar-refractivity contribution in [2.45, 2.75) is 12.8 Å². The predicted molar refractivity (Wildman–Crippen MR) is 70.7 cm³/mol. The van der Waals surface area contributed by atoms with E-state index < -0.39 is 0 Å². The molecule has 0 saturated heterocycles. The van der Waals surface area contributed by atoms with Crippen LogP contribution in [0.3, 0.4) is 0 Å². The zero-order valence-corrected chi connectivity index (χ0v) is 12.4. The van der Waals surface area contributed by atoms with Crippen LogP contribution in [0.25, 0.3) is 0 Å². The maximum Gasteiger partial charge on any atom is 0.106 e. The van der Waals surface area contributed by atoms with Crippen molar-refractivity contribution in [1.82, 2.24) is 4.98 Å². The van der Waals surface area contributed by atoms with Gasteiger partial charge in [-0.1, -0.05) is 0 Å². The molecule has 0 amide bonds. The van der Waals surface area contributed by atoms with Crippen LogP contribution in [0.1, 0.15) is 12.1 Å². The van der Waals surface area contributed by atoms with Crippen LogP contribution < -0.4 is 0 Å². The SMILES string of the molecule is COCCOCCCc1nc(Br)ccc1Br. The molecular formula is C11H15Br2NO2. The van der Waals surface area contributed by atoms with E-state index in [0.717, 1.165) is 34.2 Å². The molecule has 5 heteroatoms. The summed E-state index contributed by atoms with van der Waals surface area (Å²) in [4.78, 5) is 4.40. The molecule has 1 aromatic heterocycles. The van der Waals surface area contributed by atoms with E-state index in [2.05, 4.69) is 36.8 Å². The summed E-state index contributed by atoms with van der Waals surface area (Å²) < 4.78 is 12.2. The van der Waals surface area contributed by atoms with Crippen molar-refractivity contribution in [2.24, 2.45) is 0 Å². The van der Waals surface area contributed by atoms with Crippen LogP contribution in [0, 0.1) is 0 Å². The number of aryl methyl sites for hydroxylation is 1. The summed E-state index contributed by atoms with van der Waals surface area (Å²) >= 11 is 6.84. The monoisotopic (exact) mass is 351 g/mol. The Balaban J connectivity index is 2.23. The minimum absolute atomic E-state index is 0.652. The number of nitrogens with zero attached hydrogens (tertiary/aromatic N) is 1. The lowest BCUT2D eigenvalue weighted by molar-refractivity contribution is 0.0694. The van der Waals surface area contributed by atoms with Crippen molar-refractivity contribution >= 4 is 31.9 Å². The van der Waals surface area contributed by atoms with Gasteiger partial charge >= 0.3 is 0 Å². The highest BCUT2D eigenvalue weighted by Crippen LogP contribution is 2.19. The van der Waals surface area contributed by atoms with Gasteiger partial charge in [-0.25, -0.2) is 4.98 Å². The predicted octanol–water partition coefficient (Wildman–Crippen LogP) is 3.20. The summed E-state index contributed by atoms with van der Waals surface area (Å²) in [5, 5.41) is 0. The van der Waals surface area contributed by atoms with Crippen molar-refractivity contribution in [3.05, 3.63) is 26.9 Å². The molecule has 0 unspecified atom stereocenters. The minimum atomic E-state index is 0.652. The normalized spacial score (nSPS) is 10.7. The lowest BCUT2D eigenvalue weighted by Crippen LogP contribution is -2.04. The van der Waals surface area contributed by atoms with Crippen LogP contribution in [0.15, 0.2) is 21.2 Å². The van der Waals surface area contributed by atoms with Crippen LogP contribution in [-0.4, -0.2) is 31.9 Å². The number of ether oxygens (including phenoxy) is 2. The number of methoxy groups -OCH3 is 1. The molecule has 1 heterocycles. The Morgan fingerprint density at radius 3 is 2.75 bits per heavy atom. The van der Waals surface area contributed by atoms with Gasteiger partial charge in [0.05, 0.1) is 18.9 Å². The Morgan fingerprint density at radius 2 is 2.00 bits per heavy atom. The molecule has 0 aliphatic carbocycles. The number of hydrogen-bond acceptors (Lipinski definition) is 3. The van der Waals surface area contributed by atoms with Crippen LogP contribution in [-0.2, 0) is 15.9 Å². The average molecular weight is 353 g/mol. The lowest BCUT2D eigenvalue weighted by Gasteiger charge is -2.05. The van der Waals surface area contributed by atoms with Gasteiger partial charge in [-0.3, -0.25) is 0 Å². The highest BCUT2D eigenvalue weighted by molar-refractivity contribution is 9.11. The molecular weight excluding hydrogens is 338 g/mol. The first-order chi connectivity index (χ1) is 7.74. The Hall–Kier alpha value is 0.0300. The maximum absolute atomic E-state index is 5.39. The summed E-state index contributed by atoms with van der Waals surface area (Å²) in [7, 11) is 1.67. The first-order valence-corrected chi connectivity index (χ1v) is 6.70. The van der Waals surface area contributed by atoms with E-state index in [0.29, 0.717) is 13.2 Å². The van der Waals surface area contributed by atoms with Crippen molar-refractivity contribution in [1.29, 1.82) is 0 Å². The molecule has 16 heavy (non-hydrogen) atoms. The van der Waals surface area contributed by atoms with Gasteiger partial charge in [0.15, 0.2) is 0 Å². The van der Waals surface area contributed by atoms with Gasteiger partial charge in [-0.15, -0.1) is 0 Å². The maximum atomic E-state index is 5.39. The molecule has 0 atom stereocenters. The lowest BCUT2D eigenvalue weighted by atomic mass is 10.2. The Bertz CT molecular complexity index is 321. The molecule has 0 aromatic carbocycles. The van der Waals surface area contributed by atoms with Crippen molar-refractivity contribution in [2.75, 3.05) is 26.9 Å². The first kappa shape index (κ1) is 14.1. The smallest absolute Gasteiger partial charge is 0.106 e. The van der Waals surface area contributed by atoms with E-state index >= 15 is 0 Å². The third-order valence-electron chi connectivity index (χ3n) is 2.02. The highest BCUT2D eigenvalue weighted by atomic mass is 79.9. The molecule has 3 nitrogen and oxygen atoms in total. The van der Waals surface area contributed by atoms with E-state index in [1.807, 2.05) is 12.1 Å². The largest absolute Gasteiger partial charge is 0.382 e. The van der Waals surface area contributed by atoms with Gasteiger partial charge in [0.1, 0.15) is 4.60 Å². The molecule has 0 bridgehead atoms. The van der Waals surface area contributed by atoms with Gasteiger partial charge in [-0.2, -0.15) is 0 Å². The van der Waals surface area contributed by atoms with Crippen LogP contribution >= 0.6 is 31.9 Å². The zero-order valence-electron chi connectivity index (χ0n) is 9.21. The van der Waals surface area contributed by atoms with Crippen molar-refractivity contribution in [3.8, 4) is 0 Å². The summed E-state index contributed by atoms with van der Waals surface area (Å²) in [5.74, 6) is 0. The van der Waals surface area contributed by atoms with E-state index in [1.54, 1.807) is 7.11 Å². The van der Waals surface area contributed by atoms with Gasteiger partial charge in [0.2, 0.25) is 0 Å². The van der Waals surface area contributed by atoms with Crippen LogP contribution in [0.2, 0.25) is 0 Å². The molecule has 0 radical (unpaired) electrons. The van der Waals surface area contributed by atoms with Crippen LogP contribution in [0.5, 0.6) is 0 Å². The van der Waals surface area contributed by atoms with E-state index in [-0.39, 0.29) is 0 Å². The summed E-state index contributed by atoms with van der Waals surface area (Å²) in [6.07, 6.45) is 1.87. The molecule has 0 saturated carbocycles. The standard InChI is InChI=1S/C11H15Br2NO2/c1-15-7-8-16-6-2-3-10-9(12)4-5-11(13)14-10/h4-5H,2-3,6-8H2,1H3. The van der Waals surface area contributed by atoms with Gasteiger partial charge < -0.3 is 9.47 Å². The van der Waals surface area contributed by atoms with E-state index in [4.69, 9.17) is 9.47 Å². The molecule has 0 aliphatic rings. The molecule has 0 fully saturated rings. The molecule has 0 N–H and O–H groups in total. The second-order valence-electron chi connectivity index (χ2n) is 3.27. The fraction of sp³-hybridized carbons (Fsp3) is 0.545. The zero-order chi connectivity index (χ0) is 11.8. The minimum Gasteiger partial charge on any atom is -0.382 e. The topological polar surface area (TPSA) is 31.4 Å². The third kappa shape index (κ3) is 5.39. The molecule has 1 rings (SSSR count). The molecule has 1 aromatic rings. The van der Waals surface area contributed by atoms with Gasteiger partial charge in [-0.05, 0) is 56.8 Å². The fourth-order valence-electron chi connectivity index (χ4n) is 1.22. The quantitative estimate of drug-likeness (QED) is 0.557. The summed E-state index contributed by atoms with van der Waals surface area (Å²) in [6, 6.07) is 3.92. The number of hydrogen-bond donors (Lipinski definition) is 0. The third-order valence-corrected chi connectivity index (χ3v) is 3.18. The van der Waals surface area contributed by atoms with Crippen molar-refractivity contribution < 1.29 is 9.47 Å². The second-order valence-corrected chi connectivity index (χ2v) is 4.94. The van der Waals surface area contributed by atoms with E-state index in [1.165, 1.54) is 0 Å². The second kappa shape index (κ2) is 8.17. The molecule has 0 aliphatic heterocycles. The highest BCUT2D eigenvalue weighted by Gasteiger charge is 2.02. The Morgan fingerprint density at radius 1 is 1.19 bits per heavy atom. The first-order valence-electron chi connectivity index (χ1n) is 5.11. The van der Waals surface area contributed by atoms with E-state index in [9.17, 15) is 0 Å². The van der Waals surface area contributed by atoms with Gasteiger partial charge in [0.25, 0.3) is 0 Å². The number of rotatable bonds is 7. The summed E-state index contributed by atoms with van der Waals surface area (Å²) in [6.45, 7) is 2.05. The molecule has 0 spiro atoms. The van der Waals surface area contributed by atoms with Gasteiger partial charge in [0, 0.05) is 18.2 Å². The number of aromatic nitrogens is 1. The average Bonchev–Trinajstić information content (AvgIpc) is 2.28. The number of halogens is 2. The number of pyridine rings is 1. The summed E-state index contributed by atoms with van der Waals surface area (Å²) in [5.41, 5.74) is 1.06. The molecule has 90 valence electrons. The Labute approximate surface area is 113 Å². The Kier molecular flexibility index (Phi) is 7.20. The van der Waals surface area contributed by atoms with Crippen molar-refractivity contribution in [3.63, 3.8) is 0 Å². The fourth-order valence-corrected chi connectivity index (χ4v) is 1.98. The van der Waals surface area contributed by atoms with Crippen LogP contribution in [0.4, 0.5) is 0 Å².